The molecule has 17 heavy (non-hydrogen) atoms. The van der Waals surface area contributed by atoms with Crippen LogP contribution in [0.2, 0.25) is 0 Å². The molecule has 5 heteroatoms. The van der Waals surface area contributed by atoms with Crippen molar-refractivity contribution < 1.29 is 8.78 Å². The molecule has 0 aliphatic carbocycles. The molecule has 1 aromatic heterocycles. The molecule has 0 atom stereocenters. The average molecular weight is 299 g/mol. The van der Waals surface area contributed by atoms with Gasteiger partial charge in [-0.15, -0.1) is 0 Å². The fourth-order valence-corrected chi connectivity index (χ4v) is 1.95. The van der Waals surface area contributed by atoms with E-state index in [4.69, 9.17) is 0 Å². The maximum atomic E-state index is 13.0. The molecule has 0 amide bonds. The van der Waals surface area contributed by atoms with Crippen molar-refractivity contribution in [1.82, 2.24) is 4.98 Å². The van der Waals surface area contributed by atoms with Gasteiger partial charge in [0.2, 0.25) is 0 Å². The van der Waals surface area contributed by atoms with Gasteiger partial charge in [0.25, 0.3) is 0 Å². The summed E-state index contributed by atoms with van der Waals surface area (Å²) < 4.78 is 26.7. The van der Waals surface area contributed by atoms with Crippen LogP contribution in [-0.4, -0.2) is 4.98 Å². The summed E-state index contributed by atoms with van der Waals surface area (Å²) in [6, 6.07) is 5.10. The Morgan fingerprint density at radius 1 is 1.12 bits per heavy atom. The van der Waals surface area contributed by atoms with E-state index in [1.54, 1.807) is 6.20 Å². The van der Waals surface area contributed by atoms with Crippen LogP contribution in [0.15, 0.2) is 34.9 Å². The van der Waals surface area contributed by atoms with Gasteiger partial charge < -0.3 is 5.32 Å². The van der Waals surface area contributed by atoms with E-state index in [0.717, 1.165) is 16.1 Å². The largest absolute Gasteiger partial charge is 0.339 e. The third-order valence-electron chi connectivity index (χ3n) is 2.10. The SMILES string of the molecule is Cc1cnc(Nc2cc(F)cc(F)c2)c(Br)c1. The highest BCUT2D eigenvalue weighted by atomic mass is 79.9. The van der Waals surface area contributed by atoms with Gasteiger partial charge in [0.05, 0.1) is 4.47 Å². The molecular formula is C12H9BrF2N2. The van der Waals surface area contributed by atoms with Crippen LogP contribution in [0.5, 0.6) is 0 Å². The molecule has 2 aromatic rings. The summed E-state index contributed by atoms with van der Waals surface area (Å²) in [5.41, 5.74) is 1.31. The minimum Gasteiger partial charge on any atom is -0.339 e. The smallest absolute Gasteiger partial charge is 0.144 e. The Kier molecular flexibility index (Phi) is 3.38. The number of aryl methyl sites for hydroxylation is 1. The van der Waals surface area contributed by atoms with Crippen molar-refractivity contribution in [3.05, 3.63) is 52.1 Å². The summed E-state index contributed by atoms with van der Waals surface area (Å²) in [4.78, 5) is 4.13. The molecule has 1 heterocycles. The van der Waals surface area contributed by atoms with Crippen molar-refractivity contribution in [2.75, 3.05) is 5.32 Å². The molecule has 0 unspecified atom stereocenters. The van der Waals surface area contributed by atoms with Crippen LogP contribution in [-0.2, 0) is 0 Å². The van der Waals surface area contributed by atoms with E-state index in [9.17, 15) is 8.78 Å². The van der Waals surface area contributed by atoms with Gasteiger partial charge in [-0.2, -0.15) is 0 Å². The zero-order chi connectivity index (χ0) is 12.4. The number of rotatable bonds is 2. The fraction of sp³-hybridized carbons (Fsp3) is 0.0833. The van der Waals surface area contributed by atoms with Crippen LogP contribution in [0, 0.1) is 18.6 Å². The molecule has 1 N–H and O–H groups in total. The van der Waals surface area contributed by atoms with Gasteiger partial charge in [0, 0.05) is 18.0 Å². The van der Waals surface area contributed by atoms with Gasteiger partial charge in [-0.25, -0.2) is 13.8 Å². The number of benzene rings is 1. The second-order valence-corrected chi connectivity index (χ2v) is 4.48. The lowest BCUT2D eigenvalue weighted by Gasteiger charge is -2.08. The summed E-state index contributed by atoms with van der Waals surface area (Å²) in [5, 5.41) is 2.84. The van der Waals surface area contributed by atoms with Crippen molar-refractivity contribution in [3.8, 4) is 0 Å². The Morgan fingerprint density at radius 3 is 2.35 bits per heavy atom. The molecule has 0 aliphatic rings. The lowest BCUT2D eigenvalue weighted by atomic mass is 10.3. The van der Waals surface area contributed by atoms with E-state index in [0.29, 0.717) is 11.5 Å². The minimum absolute atomic E-state index is 0.319. The second-order valence-electron chi connectivity index (χ2n) is 3.63. The van der Waals surface area contributed by atoms with Crippen LogP contribution in [0.4, 0.5) is 20.3 Å². The van der Waals surface area contributed by atoms with E-state index < -0.39 is 11.6 Å². The third kappa shape index (κ3) is 3.00. The van der Waals surface area contributed by atoms with E-state index in [2.05, 4.69) is 26.2 Å². The van der Waals surface area contributed by atoms with Gasteiger partial charge in [0.15, 0.2) is 0 Å². The first-order chi connectivity index (χ1) is 8.04. The Bertz CT molecular complexity index is 538. The van der Waals surface area contributed by atoms with Crippen molar-refractivity contribution in [3.63, 3.8) is 0 Å². The lowest BCUT2D eigenvalue weighted by molar-refractivity contribution is 0.584. The Morgan fingerprint density at radius 2 is 1.76 bits per heavy atom. The van der Waals surface area contributed by atoms with Gasteiger partial charge in [-0.05, 0) is 46.6 Å². The van der Waals surface area contributed by atoms with Crippen molar-refractivity contribution in [2.45, 2.75) is 6.92 Å². The molecule has 1 aromatic carbocycles. The number of pyridine rings is 1. The molecule has 88 valence electrons. The maximum absolute atomic E-state index is 13.0. The zero-order valence-electron chi connectivity index (χ0n) is 8.97. The Balaban J connectivity index is 2.31. The molecule has 0 saturated carbocycles. The highest BCUT2D eigenvalue weighted by molar-refractivity contribution is 9.10. The summed E-state index contributed by atoms with van der Waals surface area (Å²) in [5.74, 6) is -0.743. The standard InChI is InChI=1S/C12H9BrF2N2/c1-7-2-11(13)12(16-6-7)17-10-4-8(14)3-9(15)5-10/h2-6H,1H3,(H,16,17). The van der Waals surface area contributed by atoms with Crippen LogP contribution >= 0.6 is 15.9 Å². The van der Waals surface area contributed by atoms with Crippen LogP contribution in [0.25, 0.3) is 0 Å². The molecule has 0 fully saturated rings. The van der Waals surface area contributed by atoms with Gasteiger partial charge in [-0.3, -0.25) is 0 Å². The highest BCUT2D eigenvalue weighted by Gasteiger charge is 2.05. The molecule has 2 rings (SSSR count). The summed E-state index contributed by atoms with van der Waals surface area (Å²) in [6.07, 6.45) is 1.67. The molecule has 2 nitrogen and oxygen atoms in total. The van der Waals surface area contributed by atoms with Crippen LogP contribution < -0.4 is 5.32 Å². The first-order valence-electron chi connectivity index (χ1n) is 4.90. The highest BCUT2D eigenvalue weighted by Crippen LogP contribution is 2.25. The summed E-state index contributed by atoms with van der Waals surface area (Å²) in [7, 11) is 0. The third-order valence-corrected chi connectivity index (χ3v) is 2.71. The molecule has 0 spiro atoms. The van der Waals surface area contributed by atoms with Gasteiger partial charge in [0.1, 0.15) is 17.5 Å². The predicted molar refractivity (Wildman–Crippen MR) is 66.3 cm³/mol. The van der Waals surface area contributed by atoms with E-state index >= 15 is 0 Å². The number of halogens is 3. The van der Waals surface area contributed by atoms with Crippen LogP contribution in [0.3, 0.4) is 0 Å². The second kappa shape index (κ2) is 4.79. The lowest BCUT2D eigenvalue weighted by Crippen LogP contribution is -1.96. The molecule has 0 aliphatic heterocycles. The van der Waals surface area contributed by atoms with Crippen molar-refractivity contribution in [1.29, 1.82) is 0 Å². The molecular weight excluding hydrogens is 290 g/mol. The van der Waals surface area contributed by atoms with Crippen molar-refractivity contribution in [2.24, 2.45) is 0 Å². The Labute approximate surface area is 106 Å². The average Bonchev–Trinajstić information content (AvgIpc) is 2.21. The summed E-state index contributed by atoms with van der Waals surface area (Å²) in [6.45, 7) is 1.91. The fourth-order valence-electron chi connectivity index (χ4n) is 1.39. The summed E-state index contributed by atoms with van der Waals surface area (Å²) >= 11 is 3.33. The minimum atomic E-state index is -0.629. The predicted octanol–water partition coefficient (Wildman–Crippen LogP) is 4.17. The number of hydrogen-bond donors (Lipinski definition) is 1. The molecule has 0 radical (unpaired) electrons. The van der Waals surface area contributed by atoms with E-state index in [-0.39, 0.29) is 0 Å². The van der Waals surface area contributed by atoms with Crippen LogP contribution in [0.1, 0.15) is 5.56 Å². The normalized spacial score (nSPS) is 10.4. The number of anilines is 2. The number of nitrogens with zero attached hydrogens (tertiary/aromatic N) is 1. The number of hydrogen-bond acceptors (Lipinski definition) is 2. The zero-order valence-corrected chi connectivity index (χ0v) is 10.6. The maximum Gasteiger partial charge on any atom is 0.144 e. The number of aromatic nitrogens is 1. The van der Waals surface area contributed by atoms with Gasteiger partial charge in [-0.1, -0.05) is 0 Å². The first-order valence-corrected chi connectivity index (χ1v) is 5.69. The van der Waals surface area contributed by atoms with E-state index in [1.807, 2.05) is 13.0 Å². The quantitative estimate of drug-likeness (QED) is 0.900. The van der Waals surface area contributed by atoms with Crippen molar-refractivity contribution >= 4 is 27.4 Å². The molecule has 0 bridgehead atoms. The number of nitrogens with one attached hydrogen (secondary N) is 1. The monoisotopic (exact) mass is 298 g/mol. The van der Waals surface area contributed by atoms with E-state index in [1.165, 1.54) is 12.1 Å². The molecule has 0 saturated heterocycles. The Hall–Kier alpha value is -1.49. The van der Waals surface area contributed by atoms with Gasteiger partial charge >= 0.3 is 0 Å². The topological polar surface area (TPSA) is 24.9 Å². The first kappa shape index (κ1) is 12.0.